The molecule has 16 heteroatoms. The number of rotatable bonds is 12. The SMILES string of the molecule is COC(=O)N[C@@H](C(C)C)C(O)N1CCC[C@H]1C(=O)Nc1ccc2c(c1)O[C@H](c1ccccc1)n1c-2cc2cc(NC(=O)[C@@H]3CCCN3C(=O)[C@@H](NC(=O)OC)C(C)C)ccc21. The van der Waals surface area contributed by atoms with Gasteiger partial charge in [-0.1, -0.05) is 58.0 Å². The third-order valence-electron chi connectivity index (χ3n) is 11.9. The van der Waals surface area contributed by atoms with Gasteiger partial charge in [0.15, 0.2) is 0 Å². The number of amides is 5. The summed E-state index contributed by atoms with van der Waals surface area (Å²) in [5.41, 5.74) is 4.55. The molecule has 61 heavy (non-hydrogen) atoms. The maximum absolute atomic E-state index is 13.8. The molecule has 0 saturated carbocycles. The molecule has 0 spiro atoms. The number of nitrogens with one attached hydrogen (secondary N) is 4. The first-order valence-electron chi connectivity index (χ1n) is 20.9. The Morgan fingerprint density at radius 3 is 2.08 bits per heavy atom. The normalized spacial score (nSPS) is 20.0. The molecule has 6 atom stereocenters. The van der Waals surface area contributed by atoms with Gasteiger partial charge in [0.25, 0.3) is 0 Å². The highest BCUT2D eigenvalue weighted by atomic mass is 16.5. The highest BCUT2D eigenvalue weighted by Crippen LogP contribution is 2.45. The van der Waals surface area contributed by atoms with E-state index in [0.717, 1.165) is 27.7 Å². The fourth-order valence-electron chi connectivity index (χ4n) is 8.70. The minimum Gasteiger partial charge on any atom is -0.465 e. The Labute approximate surface area is 354 Å². The summed E-state index contributed by atoms with van der Waals surface area (Å²) in [6.45, 7) is 8.31. The predicted molar refractivity (Wildman–Crippen MR) is 229 cm³/mol. The Bertz CT molecular complexity index is 2280. The van der Waals surface area contributed by atoms with E-state index in [-0.39, 0.29) is 29.6 Å². The van der Waals surface area contributed by atoms with Crippen LogP contribution in [0.15, 0.2) is 72.8 Å². The highest BCUT2D eigenvalue weighted by molar-refractivity contribution is 6.01. The van der Waals surface area contributed by atoms with Crippen molar-refractivity contribution in [1.29, 1.82) is 0 Å². The first-order valence-corrected chi connectivity index (χ1v) is 20.9. The Kier molecular flexibility index (Phi) is 12.8. The molecule has 2 saturated heterocycles. The number of benzene rings is 3. The minimum absolute atomic E-state index is 0.128. The number of anilines is 2. The largest absolute Gasteiger partial charge is 0.465 e. The second kappa shape index (κ2) is 18.2. The summed E-state index contributed by atoms with van der Waals surface area (Å²) in [6, 6.07) is 20.2. The number of methoxy groups -OCH3 is 2. The first-order chi connectivity index (χ1) is 29.3. The molecule has 1 aromatic heterocycles. The molecular weight excluding hydrogens is 783 g/mol. The summed E-state index contributed by atoms with van der Waals surface area (Å²) in [7, 11) is 2.51. The van der Waals surface area contributed by atoms with Crippen LogP contribution in [0, 0.1) is 11.8 Å². The average Bonchev–Trinajstić information content (AvgIpc) is 4.03. The van der Waals surface area contributed by atoms with Gasteiger partial charge in [-0.2, -0.15) is 0 Å². The van der Waals surface area contributed by atoms with Gasteiger partial charge in [-0.3, -0.25) is 19.3 Å². The smallest absolute Gasteiger partial charge is 0.407 e. The van der Waals surface area contributed by atoms with Crippen LogP contribution in [0.25, 0.3) is 22.2 Å². The van der Waals surface area contributed by atoms with E-state index in [2.05, 4.69) is 25.8 Å². The van der Waals surface area contributed by atoms with Crippen molar-refractivity contribution < 1.29 is 43.3 Å². The van der Waals surface area contributed by atoms with Crippen molar-refractivity contribution in [3.63, 3.8) is 0 Å². The van der Waals surface area contributed by atoms with Gasteiger partial charge in [0, 0.05) is 47.0 Å². The van der Waals surface area contributed by atoms with Gasteiger partial charge in [-0.05, 0) is 73.9 Å². The van der Waals surface area contributed by atoms with E-state index in [4.69, 9.17) is 14.2 Å². The van der Waals surface area contributed by atoms with E-state index in [1.165, 1.54) is 14.2 Å². The molecule has 324 valence electrons. The van der Waals surface area contributed by atoms with Crippen LogP contribution in [0.4, 0.5) is 21.0 Å². The van der Waals surface area contributed by atoms with Crippen LogP contribution in [-0.2, 0) is 23.9 Å². The lowest BCUT2D eigenvalue weighted by atomic mass is 10.0. The molecule has 16 nitrogen and oxygen atoms in total. The van der Waals surface area contributed by atoms with Gasteiger partial charge < -0.3 is 50.1 Å². The zero-order valence-corrected chi connectivity index (χ0v) is 35.3. The molecule has 1 unspecified atom stereocenters. The predicted octanol–water partition coefficient (Wildman–Crippen LogP) is 5.66. The summed E-state index contributed by atoms with van der Waals surface area (Å²) >= 11 is 0. The lowest BCUT2D eigenvalue weighted by Gasteiger charge is -2.36. The van der Waals surface area contributed by atoms with E-state index in [0.29, 0.717) is 55.9 Å². The van der Waals surface area contributed by atoms with Gasteiger partial charge in [0.1, 0.15) is 24.1 Å². The second-order valence-electron chi connectivity index (χ2n) is 16.5. The monoisotopic (exact) mass is 837 g/mol. The first kappa shape index (κ1) is 43.0. The molecule has 0 aliphatic carbocycles. The summed E-state index contributed by atoms with van der Waals surface area (Å²) in [6.07, 6.45) is -0.637. The highest BCUT2D eigenvalue weighted by Gasteiger charge is 2.41. The molecule has 0 radical (unpaired) electrons. The number of carbonyl (C=O) groups is 5. The number of aliphatic hydroxyl groups is 1. The number of fused-ring (bicyclic) bond motifs is 5. The van der Waals surface area contributed by atoms with Crippen molar-refractivity contribution in [2.75, 3.05) is 37.9 Å². The van der Waals surface area contributed by atoms with Crippen molar-refractivity contribution in [3.8, 4) is 17.0 Å². The van der Waals surface area contributed by atoms with E-state index >= 15 is 0 Å². The van der Waals surface area contributed by atoms with Crippen LogP contribution in [0.5, 0.6) is 5.75 Å². The molecule has 0 bridgehead atoms. The molecule has 4 heterocycles. The number of aliphatic hydroxyl groups excluding tert-OH is 1. The van der Waals surface area contributed by atoms with Gasteiger partial charge >= 0.3 is 12.2 Å². The number of aromatic nitrogens is 1. The molecule has 3 aromatic carbocycles. The fourth-order valence-corrected chi connectivity index (χ4v) is 8.70. The number of nitrogens with zero attached hydrogens (tertiary/aromatic N) is 3. The summed E-state index contributed by atoms with van der Waals surface area (Å²) in [5, 5.41) is 23.6. The summed E-state index contributed by atoms with van der Waals surface area (Å²) in [5.74, 6) is -0.702. The summed E-state index contributed by atoms with van der Waals surface area (Å²) < 4.78 is 18.4. The third kappa shape index (κ3) is 8.86. The number of likely N-dealkylation sites (tertiary alicyclic amines) is 2. The average molecular weight is 838 g/mol. The second-order valence-corrected chi connectivity index (χ2v) is 16.5. The number of alkyl carbamates (subject to hydrolysis) is 2. The molecular formula is C45H55N7O9. The van der Waals surface area contributed by atoms with Crippen molar-refractivity contribution in [2.24, 2.45) is 11.8 Å². The lowest BCUT2D eigenvalue weighted by molar-refractivity contribution is -0.139. The Hall–Kier alpha value is -6.13. The van der Waals surface area contributed by atoms with Crippen LogP contribution in [0.3, 0.4) is 0 Å². The van der Waals surface area contributed by atoms with E-state index in [1.807, 2.05) is 94.4 Å². The van der Waals surface area contributed by atoms with Crippen LogP contribution in [-0.4, -0.2) is 107 Å². The fraction of sp³-hybridized carbons (Fsp3) is 0.444. The number of ether oxygens (including phenoxy) is 3. The number of carbonyl (C=O) groups excluding carboxylic acids is 5. The van der Waals surface area contributed by atoms with Crippen LogP contribution in [0.2, 0.25) is 0 Å². The molecule has 7 rings (SSSR count). The molecule has 3 aliphatic heterocycles. The van der Waals surface area contributed by atoms with Crippen LogP contribution in [0.1, 0.15) is 65.2 Å². The van der Waals surface area contributed by atoms with Crippen molar-refractivity contribution in [3.05, 3.63) is 78.4 Å². The third-order valence-corrected chi connectivity index (χ3v) is 11.9. The van der Waals surface area contributed by atoms with Crippen LogP contribution >= 0.6 is 0 Å². The van der Waals surface area contributed by atoms with E-state index in [9.17, 15) is 29.1 Å². The Morgan fingerprint density at radius 2 is 1.39 bits per heavy atom. The molecule has 3 aliphatic rings. The van der Waals surface area contributed by atoms with Crippen molar-refractivity contribution >= 4 is 52.2 Å². The van der Waals surface area contributed by atoms with Crippen molar-refractivity contribution in [2.45, 2.75) is 90.0 Å². The maximum atomic E-state index is 13.8. The van der Waals surface area contributed by atoms with Crippen LogP contribution < -0.4 is 26.0 Å². The lowest BCUT2D eigenvalue weighted by Crippen LogP contribution is -2.57. The van der Waals surface area contributed by atoms with Gasteiger partial charge in [0.2, 0.25) is 23.9 Å². The minimum atomic E-state index is -1.10. The zero-order chi connectivity index (χ0) is 43.5. The number of hydrogen-bond acceptors (Lipinski definition) is 10. The van der Waals surface area contributed by atoms with Gasteiger partial charge in [0.05, 0.1) is 37.5 Å². The molecule has 5 amide bonds. The summed E-state index contributed by atoms with van der Waals surface area (Å²) in [4.78, 5) is 68.6. The molecule has 2 fully saturated rings. The molecule has 5 N–H and O–H groups in total. The standard InChI is InChI=1S/C45H55N7O9/c1-25(2)37(48-44(57)59-5)41(55)50-20-10-14-33(50)39(53)46-29-17-19-32-28(22-29)23-35-31-18-16-30(24-36(31)61-43(52(32)35)27-12-8-7-9-13-27)47-40(54)34-15-11-21-51(34)42(56)38(26(3)4)49-45(58)60-6/h7-9,12-13,16-19,22-26,33-34,37-38,42-43,56H,10-11,14-15,20-21H2,1-6H3,(H,46,53)(H,47,54)(H,48,57)(H,49,58)/t33-,34-,37-,38-,42?,43+/m0/s1. The van der Waals surface area contributed by atoms with Gasteiger partial charge in [-0.25, -0.2) is 9.59 Å². The van der Waals surface area contributed by atoms with Gasteiger partial charge in [-0.15, -0.1) is 0 Å². The Balaban J connectivity index is 1.13. The molecule has 4 aromatic rings. The Morgan fingerprint density at radius 1 is 0.754 bits per heavy atom. The number of hydrogen-bond donors (Lipinski definition) is 5. The topological polar surface area (TPSA) is 193 Å². The quantitative estimate of drug-likeness (QED) is 0.119. The van der Waals surface area contributed by atoms with E-state index < -0.39 is 48.8 Å². The zero-order valence-electron chi connectivity index (χ0n) is 35.3. The maximum Gasteiger partial charge on any atom is 0.407 e. The van der Waals surface area contributed by atoms with Crippen molar-refractivity contribution in [1.82, 2.24) is 25.0 Å². The van der Waals surface area contributed by atoms with E-state index in [1.54, 1.807) is 15.9 Å².